The standard InChI is InChI=1S/C10H14N2S/c1-4-6-7-8-10(3,5-2)9(11)12-13-8/h4-8H,1-2H2,3H3,(H2,11,12)/b7-6-. The molecule has 1 rings (SSSR count). The van der Waals surface area contributed by atoms with Crippen LogP contribution in [-0.4, -0.2) is 11.1 Å². The number of hydrogen-bond donors (Lipinski definition) is 1. The van der Waals surface area contributed by atoms with Crippen molar-refractivity contribution in [1.29, 1.82) is 0 Å². The minimum atomic E-state index is -0.218. The SMILES string of the molecule is C=C/C=C\C1SN=C(N)C1(C)C=C. The molecule has 0 aromatic carbocycles. The topological polar surface area (TPSA) is 38.4 Å². The fourth-order valence-corrected chi connectivity index (χ4v) is 2.12. The molecule has 13 heavy (non-hydrogen) atoms. The first-order chi connectivity index (χ1) is 6.15. The minimum absolute atomic E-state index is 0.218. The Morgan fingerprint density at radius 3 is 2.85 bits per heavy atom. The number of allylic oxidation sites excluding steroid dienone is 2. The van der Waals surface area contributed by atoms with Gasteiger partial charge in [0.2, 0.25) is 0 Å². The summed E-state index contributed by atoms with van der Waals surface area (Å²) in [6, 6.07) is 0. The van der Waals surface area contributed by atoms with Gasteiger partial charge in [0.15, 0.2) is 0 Å². The van der Waals surface area contributed by atoms with Gasteiger partial charge in [0, 0.05) is 0 Å². The highest BCUT2D eigenvalue weighted by Crippen LogP contribution is 2.40. The Hall–Kier alpha value is -0.960. The Bertz CT molecular complexity index is 281. The molecule has 0 aromatic heterocycles. The maximum absolute atomic E-state index is 5.78. The zero-order valence-corrected chi connectivity index (χ0v) is 8.55. The van der Waals surface area contributed by atoms with E-state index in [9.17, 15) is 0 Å². The summed E-state index contributed by atoms with van der Waals surface area (Å²) < 4.78 is 4.15. The summed E-state index contributed by atoms with van der Waals surface area (Å²) in [5.74, 6) is 0.645. The molecule has 2 unspecified atom stereocenters. The summed E-state index contributed by atoms with van der Waals surface area (Å²) in [7, 11) is 0. The van der Waals surface area contributed by atoms with Crippen molar-refractivity contribution >= 4 is 17.8 Å². The Balaban J connectivity index is 2.87. The van der Waals surface area contributed by atoms with E-state index in [1.165, 1.54) is 11.9 Å². The van der Waals surface area contributed by atoms with Crippen molar-refractivity contribution < 1.29 is 0 Å². The first kappa shape index (κ1) is 10.1. The predicted octanol–water partition coefficient (Wildman–Crippen LogP) is 2.31. The summed E-state index contributed by atoms with van der Waals surface area (Å²) in [6.07, 6.45) is 7.55. The van der Waals surface area contributed by atoms with E-state index in [1.54, 1.807) is 6.08 Å². The summed E-state index contributed by atoms with van der Waals surface area (Å²) in [5, 5.41) is 0.239. The summed E-state index contributed by atoms with van der Waals surface area (Å²) in [5.41, 5.74) is 5.57. The average Bonchev–Trinajstić information content (AvgIpc) is 2.42. The summed E-state index contributed by atoms with van der Waals surface area (Å²) >= 11 is 1.48. The molecule has 0 fully saturated rings. The fraction of sp³-hybridized carbons (Fsp3) is 0.300. The van der Waals surface area contributed by atoms with Gasteiger partial charge in [0.1, 0.15) is 5.84 Å². The van der Waals surface area contributed by atoms with E-state index in [0.717, 1.165) is 0 Å². The molecule has 0 saturated carbocycles. The Kier molecular flexibility index (Phi) is 2.98. The molecule has 1 heterocycles. The molecule has 0 aromatic rings. The first-order valence-corrected chi connectivity index (χ1v) is 4.91. The van der Waals surface area contributed by atoms with Gasteiger partial charge in [-0.1, -0.05) is 30.9 Å². The van der Waals surface area contributed by atoms with E-state index in [-0.39, 0.29) is 10.7 Å². The highest BCUT2D eigenvalue weighted by molar-refractivity contribution is 7.99. The lowest BCUT2D eigenvalue weighted by Gasteiger charge is -2.23. The quantitative estimate of drug-likeness (QED) is 0.425. The van der Waals surface area contributed by atoms with Crippen LogP contribution in [0.2, 0.25) is 0 Å². The number of nitrogens with two attached hydrogens (primary N) is 1. The molecule has 0 saturated heterocycles. The van der Waals surface area contributed by atoms with E-state index >= 15 is 0 Å². The predicted molar refractivity (Wildman–Crippen MR) is 60.6 cm³/mol. The molecule has 1 aliphatic heterocycles. The number of nitrogens with zero attached hydrogens (tertiary/aromatic N) is 1. The molecule has 2 N–H and O–H groups in total. The highest BCUT2D eigenvalue weighted by atomic mass is 32.2. The van der Waals surface area contributed by atoms with Crippen LogP contribution in [0.4, 0.5) is 0 Å². The highest BCUT2D eigenvalue weighted by Gasteiger charge is 2.38. The third kappa shape index (κ3) is 1.70. The van der Waals surface area contributed by atoms with Crippen LogP contribution >= 0.6 is 11.9 Å². The molecule has 1 aliphatic rings. The third-order valence-corrected chi connectivity index (χ3v) is 3.43. The van der Waals surface area contributed by atoms with Gasteiger partial charge in [-0.05, 0) is 18.9 Å². The van der Waals surface area contributed by atoms with Gasteiger partial charge in [-0.2, -0.15) is 0 Å². The monoisotopic (exact) mass is 194 g/mol. The Morgan fingerprint density at radius 2 is 2.31 bits per heavy atom. The van der Waals surface area contributed by atoms with Crippen molar-refractivity contribution in [1.82, 2.24) is 0 Å². The molecule has 0 aliphatic carbocycles. The molecular weight excluding hydrogens is 180 g/mol. The van der Waals surface area contributed by atoms with Gasteiger partial charge in [-0.15, -0.1) is 6.58 Å². The van der Waals surface area contributed by atoms with Crippen LogP contribution in [0.5, 0.6) is 0 Å². The van der Waals surface area contributed by atoms with Crippen LogP contribution in [0, 0.1) is 5.41 Å². The van der Waals surface area contributed by atoms with E-state index in [1.807, 2.05) is 25.2 Å². The summed E-state index contributed by atoms with van der Waals surface area (Å²) in [6.45, 7) is 9.45. The maximum Gasteiger partial charge on any atom is 0.119 e. The molecule has 0 amide bonds. The van der Waals surface area contributed by atoms with Crippen LogP contribution in [0.1, 0.15) is 6.92 Å². The van der Waals surface area contributed by atoms with Crippen molar-refractivity contribution in [2.45, 2.75) is 12.2 Å². The molecule has 0 spiro atoms. The third-order valence-electron chi connectivity index (χ3n) is 2.25. The second kappa shape index (κ2) is 3.83. The molecule has 2 nitrogen and oxygen atoms in total. The molecule has 0 bridgehead atoms. The lowest BCUT2D eigenvalue weighted by molar-refractivity contribution is 0.630. The van der Waals surface area contributed by atoms with Crippen molar-refractivity contribution in [2.75, 3.05) is 0 Å². The van der Waals surface area contributed by atoms with Gasteiger partial charge >= 0.3 is 0 Å². The van der Waals surface area contributed by atoms with Crippen LogP contribution < -0.4 is 5.73 Å². The van der Waals surface area contributed by atoms with Crippen molar-refractivity contribution in [3.63, 3.8) is 0 Å². The second-order valence-corrected chi connectivity index (χ2v) is 4.01. The molecule has 0 radical (unpaired) electrons. The van der Waals surface area contributed by atoms with Crippen molar-refractivity contribution in [3.05, 3.63) is 37.5 Å². The smallest absolute Gasteiger partial charge is 0.119 e. The minimum Gasteiger partial charge on any atom is -0.386 e. The van der Waals surface area contributed by atoms with Gasteiger partial charge in [-0.3, -0.25) is 0 Å². The normalized spacial score (nSPS) is 33.3. The number of hydrogen-bond acceptors (Lipinski definition) is 3. The van der Waals surface area contributed by atoms with E-state index < -0.39 is 0 Å². The Morgan fingerprint density at radius 1 is 1.62 bits per heavy atom. The molecular formula is C10H14N2S. The zero-order chi connectivity index (χ0) is 9.90. The van der Waals surface area contributed by atoms with Crippen molar-refractivity contribution in [3.8, 4) is 0 Å². The number of rotatable bonds is 3. The van der Waals surface area contributed by atoms with E-state index in [4.69, 9.17) is 5.73 Å². The van der Waals surface area contributed by atoms with E-state index in [2.05, 4.69) is 17.6 Å². The van der Waals surface area contributed by atoms with Gasteiger partial charge in [-0.25, -0.2) is 4.40 Å². The lowest BCUT2D eigenvalue weighted by atomic mass is 9.85. The fourth-order valence-electron chi connectivity index (χ4n) is 1.10. The van der Waals surface area contributed by atoms with Crippen LogP contribution in [-0.2, 0) is 0 Å². The largest absolute Gasteiger partial charge is 0.386 e. The van der Waals surface area contributed by atoms with Crippen LogP contribution in [0.25, 0.3) is 0 Å². The number of amidine groups is 1. The Labute approximate surface area is 83.4 Å². The van der Waals surface area contributed by atoms with Gasteiger partial charge < -0.3 is 5.73 Å². The van der Waals surface area contributed by atoms with Gasteiger partial charge in [0.05, 0.1) is 10.7 Å². The van der Waals surface area contributed by atoms with Crippen LogP contribution in [0.15, 0.2) is 41.9 Å². The van der Waals surface area contributed by atoms with E-state index in [0.29, 0.717) is 5.84 Å². The molecule has 2 atom stereocenters. The van der Waals surface area contributed by atoms with Gasteiger partial charge in [0.25, 0.3) is 0 Å². The lowest BCUT2D eigenvalue weighted by Crippen LogP contribution is -2.36. The molecule has 3 heteroatoms. The average molecular weight is 194 g/mol. The summed E-state index contributed by atoms with van der Waals surface area (Å²) in [4.78, 5) is 0. The second-order valence-electron chi connectivity index (χ2n) is 3.11. The maximum atomic E-state index is 5.78. The molecule has 70 valence electrons. The first-order valence-electron chi connectivity index (χ1n) is 4.07. The van der Waals surface area contributed by atoms with Crippen LogP contribution in [0.3, 0.4) is 0 Å². The zero-order valence-electron chi connectivity index (χ0n) is 7.73. The van der Waals surface area contributed by atoms with Crippen molar-refractivity contribution in [2.24, 2.45) is 15.5 Å².